The van der Waals surface area contributed by atoms with Crippen molar-refractivity contribution in [1.82, 2.24) is 4.31 Å². The van der Waals surface area contributed by atoms with Crippen molar-refractivity contribution in [3.8, 4) is 0 Å². The molecule has 126 valence electrons. The van der Waals surface area contributed by atoms with E-state index in [4.69, 9.17) is 0 Å². The third kappa shape index (κ3) is 3.20. The summed E-state index contributed by atoms with van der Waals surface area (Å²) in [6, 6.07) is 2.95. The van der Waals surface area contributed by atoms with Gasteiger partial charge in [0.1, 0.15) is 0 Å². The first-order valence-corrected chi connectivity index (χ1v) is 8.60. The number of piperidine rings is 1. The van der Waals surface area contributed by atoms with Crippen molar-refractivity contribution in [1.29, 1.82) is 0 Å². The molecule has 0 saturated carbocycles. The summed E-state index contributed by atoms with van der Waals surface area (Å²) in [7, 11) is -4.00. The number of aryl methyl sites for hydroxylation is 1. The Bertz CT molecular complexity index is 746. The van der Waals surface area contributed by atoms with Crippen LogP contribution in [0.3, 0.4) is 0 Å². The molecule has 1 aromatic rings. The Balaban J connectivity index is 2.47. The van der Waals surface area contributed by atoms with Crippen LogP contribution in [0.1, 0.15) is 25.3 Å². The summed E-state index contributed by atoms with van der Waals surface area (Å²) >= 11 is 0. The normalized spacial score (nSPS) is 22.7. The van der Waals surface area contributed by atoms with E-state index >= 15 is 0 Å². The minimum Gasteiger partial charge on any atom is -0.481 e. The second-order valence-electron chi connectivity index (χ2n) is 5.65. The fourth-order valence-corrected chi connectivity index (χ4v) is 4.84. The molecule has 0 amide bonds. The summed E-state index contributed by atoms with van der Waals surface area (Å²) in [5, 5.41) is 20.1. The first-order chi connectivity index (χ1) is 10.7. The lowest BCUT2D eigenvalue weighted by atomic mass is 9.92. The highest BCUT2D eigenvalue weighted by atomic mass is 32.2. The van der Waals surface area contributed by atoms with E-state index in [1.54, 1.807) is 13.8 Å². The summed E-state index contributed by atoms with van der Waals surface area (Å²) in [6.07, 6.45) is 0.852. The van der Waals surface area contributed by atoms with Crippen LogP contribution in [0.2, 0.25) is 0 Å². The Hall–Kier alpha value is -2.00. The molecule has 8 nitrogen and oxygen atoms in total. The number of hydrogen-bond donors (Lipinski definition) is 1. The molecule has 0 bridgehead atoms. The van der Waals surface area contributed by atoms with E-state index in [0.29, 0.717) is 18.4 Å². The molecule has 9 heteroatoms. The highest BCUT2D eigenvalue weighted by molar-refractivity contribution is 7.89. The predicted octanol–water partition coefficient (Wildman–Crippen LogP) is 1.78. The molecule has 1 aliphatic rings. The number of nitrogens with zero attached hydrogens (tertiary/aromatic N) is 2. The van der Waals surface area contributed by atoms with Gasteiger partial charge < -0.3 is 5.11 Å². The molecule has 0 unspecified atom stereocenters. The zero-order chi connectivity index (χ0) is 17.4. The number of rotatable bonds is 4. The van der Waals surface area contributed by atoms with Gasteiger partial charge in [-0.15, -0.1) is 0 Å². The monoisotopic (exact) mass is 342 g/mol. The van der Waals surface area contributed by atoms with Crippen LogP contribution in [0.4, 0.5) is 5.69 Å². The van der Waals surface area contributed by atoms with Crippen LogP contribution in [-0.2, 0) is 14.8 Å². The Labute approximate surface area is 133 Å². The number of benzene rings is 1. The van der Waals surface area contributed by atoms with Crippen LogP contribution in [0.5, 0.6) is 0 Å². The number of carbonyl (C=O) groups is 1. The highest BCUT2D eigenvalue weighted by Gasteiger charge is 2.40. The number of non-ortho nitro benzene ring substituents is 1. The van der Waals surface area contributed by atoms with Crippen molar-refractivity contribution in [3.63, 3.8) is 0 Å². The SMILES string of the molecule is Cc1ccc([N+](=O)[O-])cc1S(=O)(=O)N1CCC[C@@H](C(=O)O)[C@H]1C. The minimum atomic E-state index is -4.00. The standard InChI is InChI=1S/C14H18N2O6S/c1-9-5-6-11(16(19)20)8-13(9)23(21,22)15-7-3-4-12(10(15)2)14(17)18/h5-6,8,10,12H,3-4,7H2,1-2H3,(H,17,18)/t10-,12-/m1/s1. The Morgan fingerprint density at radius 3 is 2.65 bits per heavy atom. The van der Waals surface area contributed by atoms with Gasteiger partial charge in [-0.05, 0) is 32.3 Å². The summed E-state index contributed by atoms with van der Waals surface area (Å²) in [4.78, 5) is 21.4. The number of hydrogen-bond acceptors (Lipinski definition) is 5. The van der Waals surface area contributed by atoms with Gasteiger partial charge in [0.05, 0.1) is 15.7 Å². The molecule has 23 heavy (non-hydrogen) atoms. The van der Waals surface area contributed by atoms with Gasteiger partial charge >= 0.3 is 5.97 Å². The van der Waals surface area contributed by atoms with Crippen LogP contribution >= 0.6 is 0 Å². The van der Waals surface area contributed by atoms with Crippen molar-refractivity contribution in [2.24, 2.45) is 5.92 Å². The number of aliphatic carboxylic acids is 1. The number of sulfonamides is 1. The molecule has 1 fully saturated rings. The lowest BCUT2D eigenvalue weighted by Crippen LogP contribution is -2.49. The topological polar surface area (TPSA) is 118 Å². The fourth-order valence-electron chi connectivity index (χ4n) is 2.89. The number of nitro benzene ring substituents is 1. The molecule has 0 spiro atoms. The van der Waals surface area contributed by atoms with Gasteiger partial charge in [-0.2, -0.15) is 4.31 Å². The van der Waals surface area contributed by atoms with E-state index in [2.05, 4.69) is 0 Å². The van der Waals surface area contributed by atoms with E-state index in [9.17, 15) is 28.4 Å². The van der Waals surface area contributed by atoms with E-state index in [1.807, 2.05) is 0 Å². The first kappa shape index (κ1) is 17.4. The molecule has 1 aromatic carbocycles. The van der Waals surface area contributed by atoms with E-state index in [1.165, 1.54) is 12.1 Å². The molecule has 0 aliphatic carbocycles. The van der Waals surface area contributed by atoms with Crippen molar-refractivity contribution >= 4 is 21.7 Å². The molecule has 0 aromatic heterocycles. The van der Waals surface area contributed by atoms with Gasteiger partial charge in [-0.3, -0.25) is 14.9 Å². The van der Waals surface area contributed by atoms with Crippen LogP contribution < -0.4 is 0 Å². The van der Waals surface area contributed by atoms with Gasteiger partial charge in [0.15, 0.2) is 0 Å². The van der Waals surface area contributed by atoms with Crippen molar-refractivity contribution in [3.05, 3.63) is 33.9 Å². The van der Waals surface area contributed by atoms with Gasteiger partial charge in [0.2, 0.25) is 10.0 Å². The van der Waals surface area contributed by atoms with Crippen LogP contribution in [0, 0.1) is 23.0 Å². The summed E-state index contributed by atoms with van der Waals surface area (Å²) < 4.78 is 26.9. The molecule has 1 saturated heterocycles. The smallest absolute Gasteiger partial charge is 0.308 e. The van der Waals surface area contributed by atoms with Crippen LogP contribution in [0.15, 0.2) is 23.1 Å². The van der Waals surface area contributed by atoms with Crippen molar-refractivity contribution < 1.29 is 23.2 Å². The zero-order valence-corrected chi connectivity index (χ0v) is 13.6. The maximum Gasteiger partial charge on any atom is 0.308 e. The van der Waals surface area contributed by atoms with Crippen LogP contribution in [0.25, 0.3) is 0 Å². The molecule has 2 rings (SSSR count). The van der Waals surface area contributed by atoms with Gasteiger partial charge in [-0.25, -0.2) is 8.42 Å². The van der Waals surface area contributed by atoms with E-state index in [0.717, 1.165) is 10.4 Å². The largest absolute Gasteiger partial charge is 0.481 e. The number of carboxylic acid groups (broad SMARTS) is 1. The highest BCUT2D eigenvalue weighted by Crippen LogP contribution is 2.31. The second kappa shape index (κ2) is 6.25. The Morgan fingerprint density at radius 2 is 2.09 bits per heavy atom. The average Bonchev–Trinajstić information content (AvgIpc) is 2.46. The first-order valence-electron chi connectivity index (χ1n) is 7.16. The fraction of sp³-hybridized carbons (Fsp3) is 0.500. The average molecular weight is 342 g/mol. The molecule has 1 heterocycles. The maximum absolute atomic E-state index is 12.9. The Kier molecular flexibility index (Phi) is 4.71. The third-order valence-electron chi connectivity index (χ3n) is 4.22. The van der Waals surface area contributed by atoms with Crippen molar-refractivity contribution in [2.45, 2.75) is 37.6 Å². The summed E-state index contributed by atoms with van der Waals surface area (Å²) in [5.41, 5.74) is 0.0777. The number of carboxylic acids is 1. The van der Waals surface area contributed by atoms with Crippen molar-refractivity contribution in [2.75, 3.05) is 6.54 Å². The van der Waals surface area contributed by atoms with E-state index < -0.39 is 32.9 Å². The Morgan fingerprint density at radius 1 is 1.43 bits per heavy atom. The van der Waals surface area contributed by atoms with Gasteiger partial charge in [-0.1, -0.05) is 6.07 Å². The lowest BCUT2D eigenvalue weighted by molar-refractivity contribution is -0.385. The molecule has 0 radical (unpaired) electrons. The quantitative estimate of drug-likeness (QED) is 0.658. The van der Waals surface area contributed by atoms with E-state index in [-0.39, 0.29) is 17.1 Å². The molecule has 1 aliphatic heterocycles. The second-order valence-corrected chi connectivity index (χ2v) is 7.51. The molecular weight excluding hydrogens is 324 g/mol. The minimum absolute atomic E-state index is 0.149. The molecular formula is C14H18N2O6S. The zero-order valence-electron chi connectivity index (χ0n) is 12.8. The molecule has 2 atom stereocenters. The summed E-state index contributed by atoms with van der Waals surface area (Å²) in [6.45, 7) is 3.32. The maximum atomic E-state index is 12.9. The predicted molar refractivity (Wildman–Crippen MR) is 81.5 cm³/mol. The van der Waals surface area contributed by atoms with Crippen LogP contribution in [-0.4, -0.2) is 41.3 Å². The summed E-state index contributed by atoms with van der Waals surface area (Å²) in [5.74, 6) is -1.81. The molecule has 1 N–H and O–H groups in total. The third-order valence-corrected chi connectivity index (χ3v) is 6.34. The lowest BCUT2D eigenvalue weighted by Gasteiger charge is -2.36. The van der Waals surface area contributed by atoms with Gasteiger partial charge in [0, 0.05) is 24.7 Å². The number of nitro groups is 1. The van der Waals surface area contributed by atoms with Gasteiger partial charge in [0.25, 0.3) is 5.69 Å².